The maximum Gasteiger partial charge on any atom is 0.281 e. The van der Waals surface area contributed by atoms with Gasteiger partial charge in [-0.05, 0) is 25.0 Å². The van der Waals surface area contributed by atoms with Crippen LogP contribution in [-0.4, -0.2) is 58.8 Å². The highest BCUT2D eigenvalue weighted by Gasteiger charge is 2.29. The number of rotatable bonds is 5. The van der Waals surface area contributed by atoms with Crippen molar-refractivity contribution < 1.29 is 14.4 Å². The fourth-order valence-corrected chi connectivity index (χ4v) is 4.05. The molecule has 2 aliphatic rings. The Bertz CT molecular complexity index is 638. The third-order valence-electron chi connectivity index (χ3n) is 4.63. The Morgan fingerprint density at radius 1 is 1.20 bits per heavy atom. The highest BCUT2D eigenvalue weighted by atomic mass is 32.2. The van der Waals surface area contributed by atoms with Crippen LogP contribution in [0.1, 0.15) is 19.3 Å². The van der Waals surface area contributed by atoms with Crippen LogP contribution >= 0.6 is 11.8 Å². The lowest BCUT2D eigenvalue weighted by Crippen LogP contribution is -2.44. The van der Waals surface area contributed by atoms with E-state index >= 15 is 0 Å². The average molecular weight is 361 g/mol. The summed E-state index contributed by atoms with van der Waals surface area (Å²) in [6, 6.07) is 9.37. The molecule has 3 rings (SSSR count). The fraction of sp³-hybridized carbons (Fsp3) is 0.500. The molecule has 0 saturated carbocycles. The molecule has 1 N–H and O–H groups in total. The predicted molar refractivity (Wildman–Crippen MR) is 98.4 cm³/mol. The minimum absolute atomic E-state index is 0.0295. The minimum atomic E-state index is -0.179. The molecule has 6 nitrogen and oxygen atoms in total. The summed E-state index contributed by atoms with van der Waals surface area (Å²) < 4.78 is 0. The Balaban J connectivity index is 1.49. The maximum atomic E-state index is 12.4. The molecule has 0 spiro atoms. The summed E-state index contributed by atoms with van der Waals surface area (Å²) in [5.74, 6) is 0.622. The molecular weight excluding hydrogens is 338 g/mol. The first kappa shape index (κ1) is 17.8. The Labute approximate surface area is 151 Å². The molecule has 0 radical (unpaired) electrons. The Morgan fingerprint density at radius 3 is 2.72 bits per heavy atom. The topological polar surface area (TPSA) is 69.7 Å². The van der Waals surface area contributed by atoms with E-state index in [1.54, 1.807) is 9.80 Å². The molecule has 25 heavy (non-hydrogen) atoms. The molecule has 2 fully saturated rings. The molecule has 0 aromatic heterocycles. The maximum absolute atomic E-state index is 12.4. The smallest absolute Gasteiger partial charge is 0.281 e. The van der Waals surface area contributed by atoms with Gasteiger partial charge in [0.15, 0.2) is 0 Å². The van der Waals surface area contributed by atoms with E-state index in [1.807, 2.05) is 30.3 Å². The molecule has 1 aromatic carbocycles. The number of amides is 3. The van der Waals surface area contributed by atoms with E-state index in [0.717, 1.165) is 30.8 Å². The van der Waals surface area contributed by atoms with E-state index in [0.29, 0.717) is 26.1 Å². The van der Waals surface area contributed by atoms with Crippen LogP contribution < -0.4 is 5.32 Å². The molecule has 0 aliphatic carbocycles. The summed E-state index contributed by atoms with van der Waals surface area (Å²) in [5, 5.41) is 2.98. The number of benzene rings is 1. The number of likely N-dealkylation sites (tertiary alicyclic amines) is 1. The number of hydrogen-bond donors (Lipinski definition) is 1. The molecule has 3 amide bonds. The second-order valence-corrected chi connectivity index (χ2v) is 7.43. The second-order valence-electron chi connectivity index (χ2n) is 6.39. The van der Waals surface area contributed by atoms with Crippen LogP contribution in [0.5, 0.6) is 0 Å². The van der Waals surface area contributed by atoms with E-state index in [9.17, 15) is 14.4 Å². The number of anilines is 1. The lowest BCUT2D eigenvalue weighted by molar-refractivity contribution is -0.134. The summed E-state index contributed by atoms with van der Waals surface area (Å²) in [7, 11) is 0. The van der Waals surface area contributed by atoms with Crippen molar-refractivity contribution in [3.63, 3.8) is 0 Å². The first-order valence-electron chi connectivity index (χ1n) is 8.69. The molecule has 1 unspecified atom stereocenters. The van der Waals surface area contributed by atoms with E-state index in [1.165, 1.54) is 11.8 Å². The quantitative estimate of drug-likeness (QED) is 0.874. The van der Waals surface area contributed by atoms with Crippen LogP contribution in [-0.2, 0) is 9.59 Å². The number of thioether (sulfide) groups is 1. The standard InChI is InChI=1S/C18H23N3O3S/c22-16(8-10-20-11-12-25-18(20)24)21-9-4-5-14(13-21)17(23)19-15-6-2-1-3-7-15/h1-3,6-7,14H,4-5,8-13H2,(H,19,23). The zero-order chi connectivity index (χ0) is 17.6. The van der Waals surface area contributed by atoms with Gasteiger partial charge in [-0.15, -0.1) is 0 Å². The van der Waals surface area contributed by atoms with Crippen molar-refractivity contribution in [3.05, 3.63) is 30.3 Å². The van der Waals surface area contributed by atoms with Crippen molar-refractivity contribution >= 4 is 34.5 Å². The summed E-state index contributed by atoms with van der Waals surface area (Å²) in [6.45, 7) is 2.35. The predicted octanol–water partition coefficient (Wildman–Crippen LogP) is 2.42. The minimum Gasteiger partial charge on any atom is -0.342 e. The van der Waals surface area contributed by atoms with Crippen molar-refractivity contribution in [2.24, 2.45) is 5.92 Å². The van der Waals surface area contributed by atoms with Crippen molar-refractivity contribution in [2.45, 2.75) is 19.3 Å². The number of nitrogens with zero attached hydrogens (tertiary/aromatic N) is 2. The highest BCUT2D eigenvalue weighted by molar-refractivity contribution is 8.13. The molecule has 134 valence electrons. The summed E-state index contributed by atoms with van der Waals surface area (Å²) >= 11 is 1.31. The van der Waals surface area contributed by atoms with Gasteiger partial charge < -0.3 is 15.1 Å². The lowest BCUT2D eigenvalue weighted by Gasteiger charge is -2.32. The zero-order valence-electron chi connectivity index (χ0n) is 14.1. The fourth-order valence-electron chi connectivity index (χ4n) is 3.20. The Morgan fingerprint density at radius 2 is 2.00 bits per heavy atom. The third kappa shape index (κ3) is 4.75. The van der Waals surface area contributed by atoms with Crippen molar-refractivity contribution in [1.29, 1.82) is 0 Å². The molecule has 1 aromatic rings. The van der Waals surface area contributed by atoms with Crippen molar-refractivity contribution in [3.8, 4) is 0 Å². The van der Waals surface area contributed by atoms with Gasteiger partial charge in [-0.3, -0.25) is 14.4 Å². The summed E-state index contributed by atoms with van der Waals surface area (Å²) in [4.78, 5) is 40.0. The molecule has 2 heterocycles. The van der Waals surface area contributed by atoms with E-state index in [2.05, 4.69) is 5.32 Å². The van der Waals surface area contributed by atoms with Gasteiger partial charge in [0.05, 0.1) is 5.92 Å². The summed E-state index contributed by atoms with van der Waals surface area (Å²) in [6.07, 6.45) is 1.96. The van der Waals surface area contributed by atoms with Crippen LogP contribution in [0.25, 0.3) is 0 Å². The van der Waals surface area contributed by atoms with E-state index in [4.69, 9.17) is 0 Å². The van der Waals surface area contributed by atoms with Crippen LogP contribution in [0.15, 0.2) is 30.3 Å². The normalized spacial score (nSPS) is 20.6. The van der Waals surface area contributed by atoms with Gasteiger partial charge >= 0.3 is 0 Å². The third-order valence-corrected chi connectivity index (χ3v) is 5.52. The molecule has 2 aliphatic heterocycles. The van der Waals surface area contributed by atoms with Crippen LogP contribution in [0.3, 0.4) is 0 Å². The van der Waals surface area contributed by atoms with Crippen molar-refractivity contribution in [1.82, 2.24) is 9.80 Å². The zero-order valence-corrected chi connectivity index (χ0v) is 15.0. The number of piperidine rings is 1. The number of carbonyl (C=O) groups excluding carboxylic acids is 3. The second kappa shape index (κ2) is 8.38. The SMILES string of the molecule is O=C(Nc1ccccc1)C1CCCN(C(=O)CCN2CCSC2=O)C1. The number of para-hydroxylation sites is 1. The van der Waals surface area contributed by atoms with Gasteiger partial charge in [-0.1, -0.05) is 30.0 Å². The molecule has 0 bridgehead atoms. The number of hydrogen-bond acceptors (Lipinski definition) is 4. The molecule has 1 atom stereocenters. The molecular formula is C18H23N3O3S. The first-order chi connectivity index (χ1) is 12.1. The molecule has 2 saturated heterocycles. The lowest BCUT2D eigenvalue weighted by atomic mass is 9.96. The van der Waals surface area contributed by atoms with Gasteiger partial charge in [0.2, 0.25) is 11.8 Å². The van der Waals surface area contributed by atoms with Gasteiger partial charge in [-0.2, -0.15) is 0 Å². The van der Waals surface area contributed by atoms with Crippen LogP contribution in [0, 0.1) is 5.92 Å². The Hall–Kier alpha value is -2.02. The highest BCUT2D eigenvalue weighted by Crippen LogP contribution is 2.21. The largest absolute Gasteiger partial charge is 0.342 e. The number of carbonyl (C=O) groups is 3. The Kier molecular flexibility index (Phi) is 5.96. The van der Waals surface area contributed by atoms with Gasteiger partial charge in [0.1, 0.15) is 0 Å². The first-order valence-corrected chi connectivity index (χ1v) is 9.67. The van der Waals surface area contributed by atoms with Crippen LogP contribution in [0.4, 0.5) is 10.5 Å². The van der Waals surface area contributed by atoms with E-state index < -0.39 is 0 Å². The van der Waals surface area contributed by atoms with Crippen molar-refractivity contribution in [2.75, 3.05) is 37.2 Å². The number of nitrogens with one attached hydrogen (secondary N) is 1. The average Bonchev–Trinajstić information content (AvgIpc) is 3.05. The van der Waals surface area contributed by atoms with E-state index in [-0.39, 0.29) is 23.0 Å². The molecule has 7 heteroatoms. The van der Waals surface area contributed by atoms with Gasteiger partial charge in [0, 0.05) is 44.0 Å². The summed E-state index contributed by atoms with van der Waals surface area (Å²) in [5.41, 5.74) is 0.779. The monoisotopic (exact) mass is 361 g/mol. The van der Waals surface area contributed by atoms with Gasteiger partial charge in [-0.25, -0.2) is 0 Å². The van der Waals surface area contributed by atoms with Gasteiger partial charge in [0.25, 0.3) is 5.24 Å². The van der Waals surface area contributed by atoms with Crippen LogP contribution in [0.2, 0.25) is 0 Å².